The Morgan fingerprint density at radius 2 is 1.53 bits per heavy atom. The molecule has 0 saturated carbocycles. The van der Waals surface area contributed by atoms with Crippen molar-refractivity contribution in [2.24, 2.45) is 10.2 Å². The summed E-state index contributed by atoms with van der Waals surface area (Å²) in [5.74, 6) is 0. The molecule has 0 heterocycles. The first-order chi connectivity index (χ1) is 8.27. The molecule has 0 aliphatic rings. The Bertz CT molecular complexity index is 555. The third kappa shape index (κ3) is 3.27. The molecule has 0 radical (unpaired) electrons. The predicted molar refractivity (Wildman–Crippen MR) is 65.4 cm³/mol. The molecule has 17 heavy (non-hydrogen) atoms. The number of azo groups is 1. The van der Waals surface area contributed by atoms with Gasteiger partial charge in [0.1, 0.15) is 0 Å². The van der Waals surface area contributed by atoms with Gasteiger partial charge in [-0.25, -0.2) is 0 Å². The summed E-state index contributed by atoms with van der Waals surface area (Å²) >= 11 is -3.39. The van der Waals surface area contributed by atoms with E-state index >= 15 is 0 Å². The Kier molecular flexibility index (Phi) is 4.10. The van der Waals surface area contributed by atoms with E-state index in [1.54, 1.807) is 24.3 Å². The van der Waals surface area contributed by atoms with Gasteiger partial charge in [-0.3, -0.25) is 0 Å². The molecule has 0 fully saturated rings. The second-order valence-corrected chi connectivity index (χ2v) is 5.93. The molecule has 0 aliphatic heterocycles. The minimum atomic E-state index is -3.39. The van der Waals surface area contributed by atoms with Gasteiger partial charge in [-0.15, -0.1) is 0 Å². The molecule has 2 aromatic carbocycles. The van der Waals surface area contributed by atoms with Crippen molar-refractivity contribution in [1.29, 1.82) is 0 Å². The molecular formula is C12H10N2O2Te. The molecule has 0 spiro atoms. The van der Waals surface area contributed by atoms with Crippen molar-refractivity contribution < 1.29 is 6.58 Å². The standard InChI is InChI=1S/C12H10N2O2Te/c15-17(16)12-9-5-4-8-11(12)14-13-10-6-2-1-3-7-10/h1-9H,(H,15,16). The fraction of sp³-hybridized carbons (Fsp3) is 0. The Balaban J connectivity index is 2.30. The van der Waals surface area contributed by atoms with Gasteiger partial charge in [0.05, 0.1) is 0 Å². The van der Waals surface area contributed by atoms with E-state index < -0.39 is 19.9 Å². The predicted octanol–water partition coefficient (Wildman–Crippen LogP) is 2.22. The van der Waals surface area contributed by atoms with Crippen LogP contribution >= 0.6 is 0 Å². The first-order valence-corrected chi connectivity index (χ1v) is 8.10. The summed E-state index contributed by atoms with van der Waals surface area (Å²) in [5.41, 5.74) is 1.18. The molecule has 4 nitrogen and oxygen atoms in total. The van der Waals surface area contributed by atoms with E-state index in [0.717, 1.165) is 0 Å². The molecule has 2 aromatic rings. The van der Waals surface area contributed by atoms with Gasteiger partial charge in [0.25, 0.3) is 0 Å². The third-order valence-electron chi connectivity index (χ3n) is 2.08. The maximum atomic E-state index is 11.2. The molecule has 0 unspecified atom stereocenters. The molecule has 0 amide bonds. The summed E-state index contributed by atoms with van der Waals surface area (Å²) in [5, 5.41) is 8.03. The van der Waals surface area contributed by atoms with Crippen LogP contribution in [0.1, 0.15) is 0 Å². The number of rotatable bonds is 3. The van der Waals surface area contributed by atoms with Gasteiger partial charge in [0.15, 0.2) is 0 Å². The van der Waals surface area contributed by atoms with Crippen LogP contribution in [0.3, 0.4) is 0 Å². The average Bonchev–Trinajstić information content (AvgIpc) is 2.38. The third-order valence-corrected chi connectivity index (χ3v) is 4.14. The molecule has 0 saturated heterocycles. The van der Waals surface area contributed by atoms with E-state index in [0.29, 0.717) is 15.0 Å². The average molecular weight is 342 g/mol. The molecule has 0 aromatic heterocycles. The van der Waals surface area contributed by atoms with Crippen LogP contribution in [0.5, 0.6) is 0 Å². The zero-order valence-corrected chi connectivity index (χ0v) is 11.2. The number of hydrogen-bond acceptors (Lipinski definition) is 3. The normalized spacial score (nSPS) is 11.2. The fourth-order valence-electron chi connectivity index (χ4n) is 1.29. The molecule has 86 valence electrons. The van der Waals surface area contributed by atoms with E-state index in [-0.39, 0.29) is 0 Å². The van der Waals surface area contributed by atoms with Crippen LogP contribution in [0.15, 0.2) is 64.8 Å². The first-order valence-electron chi connectivity index (χ1n) is 4.94. The van der Waals surface area contributed by atoms with Crippen molar-refractivity contribution in [2.75, 3.05) is 0 Å². The van der Waals surface area contributed by atoms with E-state index in [1.165, 1.54) is 0 Å². The SMILES string of the molecule is O=[Te](O)c1ccccc1N=Nc1ccccc1. The summed E-state index contributed by atoms with van der Waals surface area (Å²) in [6.07, 6.45) is 0. The van der Waals surface area contributed by atoms with Crippen LogP contribution < -0.4 is 3.61 Å². The quantitative estimate of drug-likeness (QED) is 0.687. The second-order valence-electron chi connectivity index (χ2n) is 3.25. The summed E-state index contributed by atoms with van der Waals surface area (Å²) in [6.45, 7) is 0. The molecule has 0 aliphatic carbocycles. The molecule has 2 rings (SSSR count). The molecule has 1 N–H and O–H groups in total. The summed E-state index contributed by atoms with van der Waals surface area (Å²) in [7, 11) is 0. The van der Waals surface area contributed by atoms with Gasteiger partial charge < -0.3 is 0 Å². The summed E-state index contributed by atoms with van der Waals surface area (Å²) in [4.78, 5) is 0. The van der Waals surface area contributed by atoms with Crippen LogP contribution in [0.4, 0.5) is 11.4 Å². The van der Waals surface area contributed by atoms with Crippen LogP contribution in [-0.2, 0) is 3.10 Å². The first kappa shape index (κ1) is 12.1. The zero-order valence-electron chi connectivity index (χ0n) is 8.85. The summed E-state index contributed by atoms with van der Waals surface area (Å²) in [6, 6.07) is 16.0. The molecule has 0 atom stereocenters. The van der Waals surface area contributed by atoms with Gasteiger partial charge in [-0.05, 0) is 0 Å². The topological polar surface area (TPSA) is 62.0 Å². The van der Waals surface area contributed by atoms with Gasteiger partial charge >= 0.3 is 106 Å². The van der Waals surface area contributed by atoms with Crippen molar-refractivity contribution in [3.63, 3.8) is 0 Å². The van der Waals surface area contributed by atoms with Crippen LogP contribution in [0, 0.1) is 0 Å². The van der Waals surface area contributed by atoms with Crippen LogP contribution in [-0.4, -0.2) is 23.4 Å². The zero-order chi connectivity index (χ0) is 12.1. The van der Waals surface area contributed by atoms with Gasteiger partial charge in [0, 0.05) is 0 Å². The summed E-state index contributed by atoms with van der Waals surface area (Å²) < 4.78 is 20.8. The van der Waals surface area contributed by atoms with E-state index in [2.05, 4.69) is 10.2 Å². The van der Waals surface area contributed by atoms with Crippen molar-refractivity contribution in [3.8, 4) is 0 Å². The number of benzene rings is 2. The Hall–Kier alpha value is -1.41. The van der Waals surface area contributed by atoms with E-state index in [1.807, 2.05) is 30.3 Å². The monoisotopic (exact) mass is 344 g/mol. The van der Waals surface area contributed by atoms with Crippen LogP contribution in [0.2, 0.25) is 0 Å². The maximum absolute atomic E-state index is 11.2. The second kappa shape index (κ2) is 5.78. The van der Waals surface area contributed by atoms with E-state index in [4.69, 9.17) is 0 Å². The molecule has 0 bridgehead atoms. The minimum absolute atomic E-state index is 0.399. The van der Waals surface area contributed by atoms with Crippen molar-refractivity contribution in [3.05, 3.63) is 54.6 Å². The number of nitrogens with zero attached hydrogens (tertiary/aromatic N) is 2. The van der Waals surface area contributed by atoms with E-state index in [9.17, 15) is 6.58 Å². The number of hydrogen-bond donors (Lipinski definition) is 1. The molecular weight excluding hydrogens is 332 g/mol. The van der Waals surface area contributed by atoms with Crippen molar-refractivity contribution >= 4 is 34.9 Å². The fourth-order valence-corrected chi connectivity index (χ4v) is 2.67. The van der Waals surface area contributed by atoms with Crippen molar-refractivity contribution in [2.45, 2.75) is 0 Å². The van der Waals surface area contributed by atoms with Gasteiger partial charge in [0.2, 0.25) is 0 Å². The Morgan fingerprint density at radius 3 is 2.24 bits per heavy atom. The molecule has 5 heteroatoms. The van der Waals surface area contributed by atoms with Gasteiger partial charge in [-0.2, -0.15) is 0 Å². The Morgan fingerprint density at radius 1 is 0.882 bits per heavy atom. The van der Waals surface area contributed by atoms with Gasteiger partial charge in [-0.1, -0.05) is 0 Å². The van der Waals surface area contributed by atoms with Crippen LogP contribution in [0.25, 0.3) is 0 Å². The van der Waals surface area contributed by atoms with Crippen molar-refractivity contribution in [1.82, 2.24) is 0 Å². The Labute approximate surface area is 106 Å².